The van der Waals surface area contributed by atoms with Crippen molar-refractivity contribution in [2.75, 3.05) is 19.6 Å². The van der Waals surface area contributed by atoms with E-state index in [-0.39, 0.29) is 0 Å². The molecule has 0 N–H and O–H groups in total. The van der Waals surface area contributed by atoms with Crippen LogP contribution in [0.15, 0.2) is 0 Å². The molecule has 2 heteroatoms. The van der Waals surface area contributed by atoms with Crippen LogP contribution >= 0.6 is 0 Å². The van der Waals surface area contributed by atoms with Crippen molar-refractivity contribution in [2.45, 2.75) is 65.6 Å². The van der Waals surface area contributed by atoms with Crippen molar-refractivity contribution in [1.82, 2.24) is 4.90 Å². The van der Waals surface area contributed by atoms with Gasteiger partial charge in [-0.1, -0.05) is 13.8 Å². The molecule has 1 spiro atoms. The minimum atomic E-state index is 0.401. The molecular weight excluding hydrogens is 210 g/mol. The fourth-order valence-corrected chi connectivity index (χ4v) is 3.52. The van der Waals surface area contributed by atoms with Crippen molar-refractivity contribution < 1.29 is 4.74 Å². The van der Waals surface area contributed by atoms with E-state index in [1.807, 2.05) is 0 Å². The highest BCUT2D eigenvalue weighted by molar-refractivity contribution is 4.98. The molecule has 1 aliphatic heterocycles. The van der Waals surface area contributed by atoms with Gasteiger partial charge >= 0.3 is 0 Å². The van der Waals surface area contributed by atoms with Gasteiger partial charge in [0.25, 0.3) is 0 Å². The second kappa shape index (κ2) is 5.27. The summed E-state index contributed by atoms with van der Waals surface area (Å²) in [7, 11) is 0. The van der Waals surface area contributed by atoms with Gasteiger partial charge in [0, 0.05) is 6.54 Å². The van der Waals surface area contributed by atoms with Crippen LogP contribution in [0, 0.1) is 11.3 Å². The van der Waals surface area contributed by atoms with Gasteiger partial charge in [-0.15, -0.1) is 0 Å². The number of likely N-dealkylation sites (tertiary alicyclic amines) is 1. The molecule has 1 heterocycles. The summed E-state index contributed by atoms with van der Waals surface area (Å²) in [4.78, 5) is 2.65. The lowest BCUT2D eigenvalue weighted by molar-refractivity contribution is -0.123. The summed E-state index contributed by atoms with van der Waals surface area (Å²) in [5, 5.41) is 0. The third-order valence-corrected chi connectivity index (χ3v) is 4.33. The molecular formula is C15H29NO. The van der Waals surface area contributed by atoms with Crippen molar-refractivity contribution in [3.05, 3.63) is 0 Å². The highest BCUT2D eigenvalue weighted by Crippen LogP contribution is 2.50. The van der Waals surface area contributed by atoms with Gasteiger partial charge in [-0.25, -0.2) is 0 Å². The molecule has 0 amide bonds. The zero-order valence-corrected chi connectivity index (χ0v) is 12.0. The lowest BCUT2D eigenvalue weighted by Crippen LogP contribution is -2.50. The quantitative estimate of drug-likeness (QED) is 0.746. The van der Waals surface area contributed by atoms with Crippen molar-refractivity contribution in [3.8, 4) is 0 Å². The van der Waals surface area contributed by atoms with Crippen LogP contribution in [0.5, 0.6) is 0 Å². The van der Waals surface area contributed by atoms with E-state index in [1.165, 1.54) is 45.3 Å². The van der Waals surface area contributed by atoms with Gasteiger partial charge in [0.15, 0.2) is 0 Å². The van der Waals surface area contributed by atoms with Crippen LogP contribution in [-0.2, 0) is 4.74 Å². The predicted octanol–water partition coefficient (Wildman–Crippen LogP) is 3.31. The molecule has 2 rings (SSSR count). The SMILES string of the molecule is CC(C)CN1CCC2(CC1)CC(OC(C)C)C2. The molecule has 1 saturated heterocycles. The van der Waals surface area contributed by atoms with E-state index < -0.39 is 0 Å². The molecule has 1 saturated carbocycles. The summed E-state index contributed by atoms with van der Waals surface area (Å²) in [6.45, 7) is 12.8. The van der Waals surface area contributed by atoms with Gasteiger partial charge in [0.05, 0.1) is 12.2 Å². The van der Waals surface area contributed by atoms with E-state index >= 15 is 0 Å². The second-order valence-electron chi connectivity index (χ2n) is 6.91. The summed E-state index contributed by atoms with van der Waals surface area (Å²) in [5.74, 6) is 0.808. The maximum Gasteiger partial charge on any atom is 0.0589 e. The predicted molar refractivity (Wildman–Crippen MR) is 72.2 cm³/mol. The highest BCUT2D eigenvalue weighted by Gasteiger charge is 2.46. The zero-order chi connectivity index (χ0) is 12.5. The van der Waals surface area contributed by atoms with Gasteiger partial charge < -0.3 is 9.64 Å². The van der Waals surface area contributed by atoms with Gasteiger partial charge in [0.2, 0.25) is 0 Å². The van der Waals surface area contributed by atoms with Crippen molar-refractivity contribution >= 4 is 0 Å². The maximum absolute atomic E-state index is 5.89. The van der Waals surface area contributed by atoms with Gasteiger partial charge in [-0.2, -0.15) is 0 Å². The first-order chi connectivity index (χ1) is 7.99. The molecule has 0 unspecified atom stereocenters. The van der Waals surface area contributed by atoms with E-state index in [0.717, 1.165) is 5.92 Å². The van der Waals surface area contributed by atoms with E-state index in [9.17, 15) is 0 Å². The molecule has 100 valence electrons. The molecule has 2 nitrogen and oxygen atoms in total. The number of nitrogens with zero attached hydrogens (tertiary/aromatic N) is 1. The third kappa shape index (κ3) is 3.45. The topological polar surface area (TPSA) is 12.5 Å². The molecule has 2 aliphatic rings. The van der Waals surface area contributed by atoms with Crippen molar-refractivity contribution in [3.63, 3.8) is 0 Å². The summed E-state index contributed by atoms with van der Waals surface area (Å²) >= 11 is 0. The maximum atomic E-state index is 5.89. The first kappa shape index (κ1) is 13.4. The van der Waals surface area contributed by atoms with E-state index in [4.69, 9.17) is 4.74 Å². The molecule has 0 aromatic rings. The van der Waals surface area contributed by atoms with Crippen LogP contribution in [0.2, 0.25) is 0 Å². The smallest absolute Gasteiger partial charge is 0.0589 e. The molecule has 17 heavy (non-hydrogen) atoms. The van der Waals surface area contributed by atoms with E-state index in [0.29, 0.717) is 17.6 Å². The summed E-state index contributed by atoms with van der Waals surface area (Å²) in [6.07, 6.45) is 6.40. The fraction of sp³-hybridized carbons (Fsp3) is 1.00. The average Bonchev–Trinajstić information content (AvgIpc) is 2.17. The van der Waals surface area contributed by atoms with Crippen LogP contribution in [0.4, 0.5) is 0 Å². The summed E-state index contributed by atoms with van der Waals surface area (Å²) < 4.78 is 5.89. The lowest BCUT2D eigenvalue weighted by Gasteiger charge is -2.52. The zero-order valence-electron chi connectivity index (χ0n) is 12.0. The van der Waals surface area contributed by atoms with E-state index in [2.05, 4.69) is 32.6 Å². The molecule has 0 radical (unpaired) electrons. The number of ether oxygens (including phenoxy) is 1. The summed E-state index contributed by atoms with van der Waals surface area (Å²) in [6, 6.07) is 0. The Hall–Kier alpha value is -0.0800. The number of rotatable bonds is 4. The Morgan fingerprint density at radius 2 is 1.71 bits per heavy atom. The van der Waals surface area contributed by atoms with Crippen LogP contribution in [0.3, 0.4) is 0 Å². The Morgan fingerprint density at radius 3 is 2.18 bits per heavy atom. The molecule has 0 atom stereocenters. The number of piperidine rings is 1. The van der Waals surface area contributed by atoms with E-state index in [1.54, 1.807) is 0 Å². The number of hydrogen-bond donors (Lipinski definition) is 0. The Morgan fingerprint density at radius 1 is 1.12 bits per heavy atom. The van der Waals surface area contributed by atoms with Crippen molar-refractivity contribution in [2.24, 2.45) is 11.3 Å². The fourth-order valence-electron chi connectivity index (χ4n) is 3.52. The first-order valence-corrected chi connectivity index (χ1v) is 7.37. The summed E-state index contributed by atoms with van der Waals surface area (Å²) in [5.41, 5.74) is 0.660. The van der Waals surface area contributed by atoms with Crippen LogP contribution < -0.4 is 0 Å². The lowest BCUT2D eigenvalue weighted by atomic mass is 9.61. The molecule has 2 fully saturated rings. The molecule has 0 aromatic heterocycles. The highest BCUT2D eigenvalue weighted by atomic mass is 16.5. The van der Waals surface area contributed by atoms with Gasteiger partial charge in [0.1, 0.15) is 0 Å². The molecule has 1 aliphatic carbocycles. The molecule has 0 aromatic carbocycles. The molecule has 0 bridgehead atoms. The first-order valence-electron chi connectivity index (χ1n) is 7.37. The van der Waals surface area contributed by atoms with Crippen LogP contribution in [0.25, 0.3) is 0 Å². The van der Waals surface area contributed by atoms with Crippen LogP contribution in [-0.4, -0.2) is 36.7 Å². The minimum Gasteiger partial charge on any atom is -0.376 e. The monoisotopic (exact) mass is 239 g/mol. The van der Waals surface area contributed by atoms with Gasteiger partial charge in [-0.05, 0) is 64.0 Å². The van der Waals surface area contributed by atoms with Gasteiger partial charge in [-0.3, -0.25) is 0 Å². The Labute approximate surface area is 107 Å². The third-order valence-electron chi connectivity index (χ3n) is 4.33. The normalized spacial score (nSPS) is 25.8. The van der Waals surface area contributed by atoms with Crippen molar-refractivity contribution in [1.29, 1.82) is 0 Å². The largest absolute Gasteiger partial charge is 0.376 e. The Bertz CT molecular complexity index is 233. The average molecular weight is 239 g/mol. The standard InChI is InChI=1S/C15H29NO/c1-12(2)11-16-7-5-15(6-8-16)9-14(10-15)17-13(3)4/h12-14H,5-11H2,1-4H3. The van der Waals surface area contributed by atoms with Crippen LogP contribution in [0.1, 0.15) is 53.4 Å². The second-order valence-corrected chi connectivity index (χ2v) is 6.91. The Balaban J connectivity index is 1.70. The number of hydrogen-bond acceptors (Lipinski definition) is 2. The Kier molecular flexibility index (Phi) is 4.14. The minimum absolute atomic E-state index is 0.401.